The number of para-hydroxylation sites is 3. The van der Waals surface area contributed by atoms with Crippen LogP contribution in [0.4, 0.5) is 0 Å². The molecule has 0 unspecified atom stereocenters. The van der Waals surface area contributed by atoms with Gasteiger partial charge in [-0.25, -0.2) is 15.0 Å². The van der Waals surface area contributed by atoms with E-state index >= 15 is 0 Å². The third kappa shape index (κ3) is 7.04. The number of pyridine rings is 1. The molecule has 304 valence electrons. The van der Waals surface area contributed by atoms with Crippen LogP contribution in [-0.4, -0.2) is 19.5 Å². The van der Waals surface area contributed by atoms with Crippen molar-refractivity contribution in [3.8, 4) is 84.2 Å². The lowest BCUT2D eigenvalue weighted by Gasteiger charge is -2.14. The summed E-state index contributed by atoms with van der Waals surface area (Å²) >= 11 is 0. The Morgan fingerprint density at radius 2 is 0.738 bits per heavy atom. The number of aromatic nitrogens is 4. The highest BCUT2D eigenvalue weighted by Crippen LogP contribution is 2.42. The largest absolute Gasteiger partial charge is 0.307 e. The summed E-state index contributed by atoms with van der Waals surface area (Å²) in [7, 11) is 0. The summed E-state index contributed by atoms with van der Waals surface area (Å²) in [6.07, 6.45) is 0. The van der Waals surface area contributed by atoms with Crippen LogP contribution in [0.15, 0.2) is 243 Å². The van der Waals surface area contributed by atoms with E-state index < -0.39 is 0 Å². The molecule has 3 heterocycles. The zero-order valence-electron chi connectivity index (χ0n) is 35.4. The van der Waals surface area contributed by atoms with Gasteiger partial charge in [0.2, 0.25) is 0 Å². The smallest absolute Gasteiger partial charge is 0.160 e. The van der Waals surface area contributed by atoms with Crippen molar-refractivity contribution in [2.24, 2.45) is 0 Å². The van der Waals surface area contributed by atoms with Crippen molar-refractivity contribution in [2.45, 2.75) is 0 Å². The van der Waals surface area contributed by atoms with E-state index in [-0.39, 0.29) is 0 Å². The number of hydrogen-bond acceptors (Lipinski definition) is 3. The van der Waals surface area contributed by atoms with Crippen LogP contribution < -0.4 is 0 Å². The molecule has 12 aromatic rings. The zero-order chi connectivity index (χ0) is 43.1. The average Bonchev–Trinajstić information content (AvgIpc) is 3.75. The molecule has 0 aliphatic heterocycles. The Hall–Kier alpha value is -8.73. The van der Waals surface area contributed by atoms with Crippen LogP contribution in [0.5, 0.6) is 0 Å². The molecule has 0 aliphatic carbocycles. The molecular weight excluding hydrogens is 789 g/mol. The predicted molar refractivity (Wildman–Crippen MR) is 270 cm³/mol. The zero-order valence-corrected chi connectivity index (χ0v) is 35.4. The number of hydrogen-bond donors (Lipinski definition) is 0. The van der Waals surface area contributed by atoms with Gasteiger partial charge in [-0.05, 0) is 81.9 Å². The van der Waals surface area contributed by atoms with Gasteiger partial charge in [-0.1, -0.05) is 194 Å². The quantitative estimate of drug-likeness (QED) is 0.153. The first kappa shape index (κ1) is 38.0. The topological polar surface area (TPSA) is 43.6 Å². The molecule has 0 radical (unpaired) electrons. The Morgan fingerprint density at radius 3 is 1.35 bits per heavy atom. The van der Waals surface area contributed by atoms with Gasteiger partial charge in [0.1, 0.15) is 0 Å². The molecule has 3 aromatic heterocycles. The van der Waals surface area contributed by atoms with Crippen molar-refractivity contribution in [3.63, 3.8) is 0 Å². The van der Waals surface area contributed by atoms with E-state index in [1.165, 1.54) is 10.8 Å². The van der Waals surface area contributed by atoms with Gasteiger partial charge in [0.15, 0.2) is 5.82 Å². The normalized spacial score (nSPS) is 11.4. The monoisotopic (exact) mass is 828 g/mol. The molecule has 0 aliphatic rings. The lowest BCUT2D eigenvalue weighted by molar-refractivity contribution is 1.17. The fourth-order valence-electron chi connectivity index (χ4n) is 9.22. The summed E-state index contributed by atoms with van der Waals surface area (Å²) < 4.78 is 2.37. The minimum atomic E-state index is 0.676. The number of benzene rings is 9. The van der Waals surface area contributed by atoms with Crippen molar-refractivity contribution in [3.05, 3.63) is 243 Å². The number of fused-ring (bicyclic) bond motifs is 5. The van der Waals surface area contributed by atoms with E-state index in [1.54, 1.807) is 0 Å². The molecule has 0 saturated carbocycles. The van der Waals surface area contributed by atoms with Gasteiger partial charge in [-0.2, -0.15) is 0 Å². The predicted octanol–water partition coefficient (Wildman–Crippen LogP) is 15.8. The van der Waals surface area contributed by atoms with Gasteiger partial charge in [0, 0.05) is 44.1 Å². The second-order valence-corrected chi connectivity index (χ2v) is 16.4. The van der Waals surface area contributed by atoms with Gasteiger partial charge in [0.25, 0.3) is 0 Å². The summed E-state index contributed by atoms with van der Waals surface area (Å²) in [6.45, 7) is 0. The first-order chi connectivity index (χ1) is 32.2. The molecule has 0 N–H and O–H groups in total. The van der Waals surface area contributed by atoms with E-state index in [0.717, 1.165) is 100 Å². The Labute approximate surface area is 377 Å². The first-order valence-corrected chi connectivity index (χ1v) is 22.0. The molecule has 0 bridgehead atoms. The highest BCUT2D eigenvalue weighted by Gasteiger charge is 2.21. The molecule has 9 aromatic carbocycles. The summed E-state index contributed by atoms with van der Waals surface area (Å²) in [5.41, 5.74) is 17.9. The molecule has 0 fully saturated rings. The molecule has 4 nitrogen and oxygen atoms in total. The third-order valence-electron chi connectivity index (χ3n) is 12.4. The van der Waals surface area contributed by atoms with E-state index in [9.17, 15) is 0 Å². The van der Waals surface area contributed by atoms with Gasteiger partial charge >= 0.3 is 0 Å². The Bertz CT molecular complexity index is 3600. The van der Waals surface area contributed by atoms with Crippen molar-refractivity contribution in [2.75, 3.05) is 0 Å². The SMILES string of the molecule is c1ccc(-c2cc(-c3ccccc3)cc(-c3cc(-c4ccccc4)nc(-c4ccc(-c5ccc(-c6nc7ccccc7c7c8ccccc8n(-c8ccccc8)c67)cc5)cc4)n3)c2)cc1. The second kappa shape index (κ2) is 16.2. The van der Waals surface area contributed by atoms with E-state index in [2.05, 4.69) is 241 Å². The van der Waals surface area contributed by atoms with Gasteiger partial charge < -0.3 is 4.57 Å². The maximum Gasteiger partial charge on any atom is 0.160 e. The van der Waals surface area contributed by atoms with Crippen molar-refractivity contribution in [1.82, 2.24) is 19.5 Å². The van der Waals surface area contributed by atoms with Crippen LogP contribution in [-0.2, 0) is 0 Å². The molecule has 4 heteroatoms. The van der Waals surface area contributed by atoms with E-state index in [4.69, 9.17) is 15.0 Å². The molecule has 0 spiro atoms. The summed E-state index contributed by atoms with van der Waals surface area (Å²) in [5.74, 6) is 0.676. The van der Waals surface area contributed by atoms with E-state index in [1.807, 2.05) is 6.07 Å². The fraction of sp³-hybridized carbons (Fsp3) is 0. The first-order valence-electron chi connectivity index (χ1n) is 22.0. The maximum absolute atomic E-state index is 5.37. The second-order valence-electron chi connectivity index (χ2n) is 16.4. The third-order valence-corrected chi connectivity index (χ3v) is 12.4. The Kier molecular flexibility index (Phi) is 9.46. The van der Waals surface area contributed by atoms with Crippen LogP contribution in [0.2, 0.25) is 0 Å². The fourth-order valence-corrected chi connectivity index (χ4v) is 9.22. The Morgan fingerprint density at radius 1 is 0.292 bits per heavy atom. The van der Waals surface area contributed by atoms with Crippen LogP contribution in [0, 0.1) is 0 Å². The molecule has 0 amide bonds. The van der Waals surface area contributed by atoms with Crippen molar-refractivity contribution >= 4 is 32.7 Å². The lowest BCUT2D eigenvalue weighted by atomic mass is 9.94. The molecule has 65 heavy (non-hydrogen) atoms. The van der Waals surface area contributed by atoms with Gasteiger partial charge in [0.05, 0.1) is 33.6 Å². The average molecular weight is 829 g/mol. The van der Waals surface area contributed by atoms with Crippen molar-refractivity contribution < 1.29 is 0 Å². The van der Waals surface area contributed by atoms with Crippen LogP contribution in [0.25, 0.3) is 117 Å². The molecule has 12 rings (SSSR count). The minimum absolute atomic E-state index is 0.676. The van der Waals surface area contributed by atoms with Gasteiger partial charge in [-0.3, -0.25) is 0 Å². The lowest BCUT2D eigenvalue weighted by Crippen LogP contribution is -1.97. The van der Waals surface area contributed by atoms with E-state index in [0.29, 0.717) is 5.82 Å². The maximum atomic E-state index is 5.37. The standard InChI is InChI=1S/C61H40N4/c1-5-17-41(18-6-1)48-37-49(42-19-7-2-8-20-42)39-50(38-48)56-40-55(45-21-9-3-10-22-45)63-61(64-56)47-35-31-44(32-36-47)43-29-33-46(34-30-43)59-60-58(52-25-13-15-27-54(52)62-59)53-26-14-16-28-57(53)65(60)51-23-11-4-12-24-51/h1-40H. The summed E-state index contributed by atoms with van der Waals surface area (Å²) in [4.78, 5) is 15.8. The number of rotatable bonds is 8. The van der Waals surface area contributed by atoms with Gasteiger partial charge in [-0.15, -0.1) is 0 Å². The Balaban J connectivity index is 0.940. The van der Waals surface area contributed by atoms with Crippen LogP contribution in [0.1, 0.15) is 0 Å². The summed E-state index contributed by atoms with van der Waals surface area (Å²) in [5, 5.41) is 3.58. The highest BCUT2D eigenvalue weighted by molar-refractivity contribution is 6.23. The molecule has 0 saturated heterocycles. The van der Waals surface area contributed by atoms with Crippen molar-refractivity contribution in [1.29, 1.82) is 0 Å². The van der Waals surface area contributed by atoms with Crippen LogP contribution in [0.3, 0.4) is 0 Å². The van der Waals surface area contributed by atoms with Crippen LogP contribution >= 0.6 is 0 Å². The highest BCUT2D eigenvalue weighted by atomic mass is 15.0. The molecular formula is C61H40N4. The molecule has 0 atom stereocenters. The summed E-state index contributed by atoms with van der Waals surface area (Å²) in [6, 6.07) is 85.6. The number of nitrogens with zero attached hydrogens (tertiary/aromatic N) is 4. The minimum Gasteiger partial charge on any atom is -0.307 e.